The van der Waals surface area contributed by atoms with Gasteiger partial charge in [0, 0.05) is 19.3 Å². The van der Waals surface area contributed by atoms with Crippen LogP contribution in [0.3, 0.4) is 0 Å². The van der Waals surface area contributed by atoms with Crippen LogP contribution in [0.25, 0.3) is 0 Å². The van der Waals surface area contributed by atoms with Crippen LogP contribution >= 0.6 is 0 Å². The fraction of sp³-hybridized carbons (Fsp3) is 0.636. The van der Waals surface area contributed by atoms with E-state index in [4.69, 9.17) is 0 Å². The Kier molecular flexibility index (Phi) is 6.34. The minimum atomic E-state index is -4.29. The molecule has 0 aliphatic carbocycles. The molecule has 1 rings (SSSR count). The average Bonchev–Trinajstić information content (AvgIpc) is 2.35. The quantitative estimate of drug-likeness (QED) is 0.714. The lowest BCUT2D eigenvalue weighted by Gasteiger charge is -2.09. The number of halogens is 3. The van der Waals surface area contributed by atoms with E-state index < -0.39 is 12.8 Å². The first-order valence-electron chi connectivity index (χ1n) is 5.96. The summed E-state index contributed by atoms with van der Waals surface area (Å²) in [6.07, 6.45) is -1.76. The summed E-state index contributed by atoms with van der Waals surface area (Å²) in [5.74, 6) is 1.03. The SMILES string of the molecule is CCCNc1nccc(NCCOCC(F)(F)F)n1. The van der Waals surface area contributed by atoms with Gasteiger partial charge in [0.25, 0.3) is 0 Å². The predicted octanol–water partition coefficient (Wildman–Crippen LogP) is 2.29. The second-order valence-corrected chi connectivity index (χ2v) is 3.79. The van der Waals surface area contributed by atoms with Crippen molar-refractivity contribution in [2.75, 3.05) is 36.9 Å². The summed E-state index contributed by atoms with van der Waals surface area (Å²) in [5, 5.41) is 5.88. The van der Waals surface area contributed by atoms with Gasteiger partial charge in [-0.1, -0.05) is 6.92 Å². The van der Waals surface area contributed by atoms with Gasteiger partial charge < -0.3 is 15.4 Å². The van der Waals surface area contributed by atoms with Gasteiger partial charge in [0.1, 0.15) is 12.4 Å². The van der Waals surface area contributed by atoms with Crippen molar-refractivity contribution in [2.45, 2.75) is 19.5 Å². The zero-order valence-corrected chi connectivity index (χ0v) is 10.6. The molecule has 0 saturated carbocycles. The van der Waals surface area contributed by atoms with Crippen molar-refractivity contribution < 1.29 is 17.9 Å². The van der Waals surface area contributed by atoms with Gasteiger partial charge in [0.15, 0.2) is 0 Å². The molecule has 1 aromatic rings. The number of rotatable bonds is 8. The molecule has 0 aliphatic heterocycles. The van der Waals surface area contributed by atoms with E-state index in [0.29, 0.717) is 11.8 Å². The Morgan fingerprint density at radius 3 is 2.74 bits per heavy atom. The Bertz CT molecular complexity index is 373. The van der Waals surface area contributed by atoms with E-state index in [0.717, 1.165) is 13.0 Å². The highest BCUT2D eigenvalue weighted by Crippen LogP contribution is 2.14. The Labute approximate surface area is 109 Å². The van der Waals surface area contributed by atoms with Gasteiger partial charge in [-0.3, -0.25) is 0 Å². The van der Waals surface area contributed by atoms with E-state index in [-0.39, 0.29) is 13.2 Å². The summed E-state index contributed by atoms with van der Waals surface area (Å²) < 4.78 is 39.9. The molecule has 0 fully saturated rings. The maximum absolute atomic E-state index is 11.8. The van der Waals surface area contributed by atoms with Gasteiger partial charge in [0.2, 0.25) is 5.95 Å². The van der Waals surface area contributed by atoms with Crippen LogP contribution in [0.15, 0.2) is 12.3 Å². The maximum Gasteiger partial charge on any atom is 0.411 e. The second kappa shape index (κ2) is 7.78. The number of hydrogen-bond acceptors (Lipinski definition) is 5. The van der Waals surface area contributed by atoms with Gasteiger partial charge in [-0.15, -0.1) is 0 Å². The summed E-state index contributed by atoms with van der Waals surface area (Å²) in [6, 6.07) is 1.64. The van der Waals surface area contributed by atoms with E-state index in [1.165, 1.54) is 0 Å². The predicted molar refractivity (Wildman–Crippen MR) is 66.2 cm³/mol. The molecule has 2 N–H and O–H groups in total. The zero-order chi connectivity index (χ0) is 14.1. The van der Waals surface area contributed by atoms with Crippen LogP contribution in [-0.2, 0) is 4.74 Å². The Morgan fingerprint density at radius 2 is 2.05 bits per heavy atom. The minimum Gasteiger partial charge on any atom is -0.370 e. The number of alkyl halides is 3. The number of aromatic nitrogens is 2. The number of ether oxygens (including phenoxy) is 1. The van der Waals surface area contributed by atoms with Gasteiger partial charge in [0.05, 0.1) is 6.61 Å². The molecule has 0 spiro atoms. The molecular formula is C11H17F3N4O. The van der Waals surface area contributed by atoms with E-state index in [2.05, 4.69) is 25.3 Å². The third-order valence-corrected chi connectivity index (χ3v) is 2.01. The number of nitrogens with zero attached hydrogens (tertiary/aromatic N) is 2. The number of anilines is 2. The van der Waals surface area contributed by atoms with E-state index in [9.17, 15) is 13.2 Å². The van der Waals surface area contributed by atoms with Gasteiger partial charge in [-0.2, -0.15) is 18.2 Å². The van der Waals surface area contributed by atoms with Crippen molar-refractivity contribution in [2.24, 2.45) is 0 Å². The summed E-state index contributed by atoms with van der Waals surface area (Å²) in [5.41, 5.74) is 0. The Morgan fingerprint density at radius 1 is 1.26 bits per heavy atom. The Hall–Kier alpha value is -1.57. The topological polar surface area (TPSA) is 59.1 Å². The molecule has 0 atom stereocenters. The molecule has 0 saturated heterocycles. The smallest absolute Gasteiger partial charge is 0.370 e. The maximum atomic E-state index is 11.8. The fourth-order valence-electron chi connectivity index (χ4n) is 1.22. The van der Waals surface area contributed by atoms with E-state index in [1.807, 2.05) is 6.92 Å². The van der Waals surface area contributed by atoms with Crippen LogP contribution < -0.4 is 10.6 Å². The first-order valence-corrected chi connectivity index (χ1v) is 5.96. The van der Waals surface area contributed by atoms with E-state index >= 15 is 0 Å². The molecule has 0 aromatic carbocycles. The Balaban J connectivity index is 2.25. The van der Waals surface area contributed by atoms with E-state index in [1.54, 1.807) is 12.3 Å². The van der Waals surface area contributed by atoms with Crippen LogP contribution in [0.5, 0.6) is 0 Å². The number of hydrogen-bond donors (Lipinski definition) is 2. The standard InChI is InChI=1S/C11H17F3N4O/c1-2-4-16-10-17-5-3-9(18-10)15-6-7-19-8-11(12,13)14/h3,5H,2,4,6-8H2,1H3,(H2,15,16,17,18). The summed E-state index contributed by atoms with van der Waals surface area (Å²) in [7, 11) is 0. The van der Waals surface area contributed by atoms with Crippen LogP contribution in [0.2, 0.25) is 0 Å². The largest absolute Gasteiger partial charge is 0.411 e. The zero-order valence-electron chi connectivity index (χ0n) is 10.6. The highest BCUT2D eigenvalue weighted by Gasteiger charge is 2.27. The molecule has 0 amide bonds. The molecule has 1 heterocycles. The summed E-state index contributed by atoms with van der Waals surface area (Å²) >= 11 is 0. The van der Waals surface area contributed by atoms with Crippen molar-refractivity contribution in [3.8, 4) is 0 Å². The van der Waals surface area contributed by atoms with Gasteiger partial charge in [-0.05, 0) is 12.5 Å². The van der Waals surface area contributed by atoms with Crippen LogP contribution in [-0.4, -0.2) is 42.4 Å². The van der Waals surface area contributed by atoms with Crippen molar-refractivity contribution >= 4 is 11.8 Å². The van der Waals surface area contributed by atoms with Crippen LogP contribution in [0.4, 0.5) is 24.9 Å². The average molecular weight is 278 g/mol. The molecule has 5 nitrogen and oxygen atoms in total. The van der Waals surface area contributed by atoms with Crippen molar-refractivity contribution in [3.63, 3.8) is 0 Å². The van der Waals surface area contributed by atoms with Crippen LogP contribution in [0.1, 0.15) is 13.3 Å². The first kappa shape index (κ1) is 15.5. The lowest BCUT2D eigenvalue weighted by Crippen LogP contribution is -2.20. The third-order valence-electron chi connectivity index (χ3n) is 2.01. The lowest BCUT2D eigenvalue weighted by atomic mass is 10.5. The molecule has 0 radical (unpaired) electrons. The van der Waals surface area contributed by atoms with Crippen molar-refractivity contribution in [3.05, 3.63) is 12.3 Å². The normalized spacial score (nSPS) is 11.4. The fourth-order valence-corrected chi connectivity index (χ4v) is 1.22. The molecule has 0 bridgehead atoms. The molecule has 19 heavy (non-hydrogen) atoms. The lowest BCUT2D eigenvalue weighted by molar-refractivity contribution is -0.172. The first-order chi connectivity index (χ1) is 9.01. The third kappa shape index (κ3) is 7.45. The molecular weight excluding hydrogens is 261 g/mol. The molecule has 1 aromatic heterocycles. The highest BCUT2D eigenvalue weighted by atomic mass is 19.4. The highest BCUT2D eigenvalue weighted by molar-refractivity contribution is 5.39. The van der Waals surface area contributed by atoms with Crippen molar-refractivity contribution in [1.29, 1.82) is 0 Å². The molecule has 0 unspecified atom stereocenters. The van der Waals surface area contributed by atoms with Crippen molar-refractivity contribution in [1.82, 2.24) is 9.97 Å². The van der Waals surface area contributed by atoms with Gasteiger partial charge in [-0.25, -0.2) is 4.98 Å². The molecule has 0 aliphatic rings. The number of nitrogens with one attached hydrogen (secondary N) is 2. The van der Waals surface area contributed by atoms with Gasteiger partial charge >= 0.3 is 6.18 Å². The minimum absolute atomic E-state index is 0.0404. The van der Waals surface area contributed by atoms with Crippen LogP contribution in [0, 0.1) is 0 Å². The molecule has 8 heteroatoms. The summed E-state index contributed by atoms with van der Waals surface area (Å²) in [6.45, 7) is 1.76. The second-order valence-electron chi connectivity index (χ2n) is 3.79. The summed E-state index contributed by atoms with van der Waals surface area (Å²) in [4.78, 5) is 8.16. The monoisotopic (exact) mass is 278 g/mol. The molecule has 108 valence electrons.